The lowest BCUT2D eigenvalue weighted by molar-refractivity contribution is 0.374. The van der Waals surface area contributed by atoms with Crippen LogP contribution in [-0.2, 0) is 10.0 Å². The van der Waals surface area contributed by atoms with Gasteiger partial charge in [0.25, 0.3) is 0 Å². The van der Waals surface area contributed by atoms with E-state index in [4.69, 9.17) is 15.9 Å². The van der Waals surface area contributed by atoms with Crippen LogP contribution in [0.5, 0.6) is 5.75 Å². The van der Waals surface area contributed by atoms with E-state index in [1.807, 2.05) is 0 Å². The van der Waals surface area contributed by atoms with Crippen LogP contribution in [0, 0.1) is 5.41 Å². The average Bonchev–Trinajstić information content (AvgIpc) is 2.38. The maximum absolute atomic E-state index is 12.2. The van der Waals surface area contributed by atoms with Gasteiger partial charge >= 0.3 is 0 Å². The van der Waals surface area contributed by atoms with E-state index in [-0.39, 0.29) is 17.3 Å². The molecule has 0 aliphatic heterocycles. The van der Waals surface area contributed by atoms with Gasteiger partial charge in [0.05, 0.1) is 4.90 Å². The number of nitrogens with one attached hydrogen (secondary N) is 1. The summed E-state index contributed by atoms with van der Waals surface area (Å²) in [6.07, 6.45) is 0. The Morgan fingerprint density at radius 1 is 1.26 bits per heavy atom. The van der Waals surface area contributed by atoms with Gasteiger partial charge < -0.3 is 10.5 Å². The molecule has 0 amide bonds. The summed E-state index contributed by atoms with van der Waals surface area (Å²) >= 11 is 0. The number of nitrogens with zero attached hydrogens (tertiary/aromatic N) is 1. The molecule has 1 aromatic rings. The Bertz CT molecular complexity index is 522. The normalized spacial score (nSPS) is 11.5. The zero-order valence-corrected chi connectivity index (χ0v) is 11.9. The SMILES string of the molecule is CCN(CC)S(=O)(=O)c1ccc(OCC(=N)N)cc1. The highest BCUT2D eigenvalue weighted by molar-refractivity contribution is 7.89. The molecule has 7 heteroatoms. The van der Waals surface area contributed by atoms with Crippen LogP contribution in [0.4, 0.5) is 0 Å². The molecule has 0 aromatic heterocycles. The van der Waals surface area contributed by atoms with E-state index in [9.17, 15) is 8.42 Å². The van der Waals surface area contributed by atoms with Gasteiger partial charge in [-0.2, -0.15) is 4.31 Å². The van der Waals surface area contributed by atoms with Gasteiger partial charge in [0.15, 0.2) is 0 Å². The van der Waals surface area contributed by atoms with Gasteiger partial charge in [0, 0.05) is 13.1 Å². The molecule has 0 aliphatic carbocycles. The van der Waals surface area contributed by atoms with Crippen LogP contribution in [0.15, 0.2) is 29.2 Å². The van der Waals surface area contributed by atoms with Gasteiger partial charge in [-0.25, -0.2) is 8.42 Å². The first-order valence-corrected chi connectivity index (χ1v) is 7.41. The molecular weight excluding hydrogens is 266 g/mol. The van der Waals surface area contributed by atoms with Crippen molar-refractivity contribution in [2.45, 2.75) is 18.7 Å². The molecule has 0 spiro atoms. The highest BCUT2D eigenvalue weighted by Gasteiger charge is 2.21. The summed E-state index contributed by atoms with van der Waals surface area (Å²) in [5.41, 5.74) is 5.17. The van der Waals surface area contributed by atoms with Gasteiger partial charge in [0.1, 0.15) is 18.2 Å². The summed E-state index contributed by atoms with van der Waals surface area (Å²) in [4.78, 5) is 0.228. The molecule has 0 atom stereocenters. The molecule has 1 rings (SSSR count). The minimum atomic E-state index is -3.44. The van der Waals surface area contributed by atoms with Crippen LogP contribution in [0.25, 0.3) is 0 Å². The molecule has 0 unspecified atom stereocenters. The number of hydrogen-bond acceptors (Lipinski definition) is 4. The number of rotatable bonds is 7. The molecular formula is C12H19N3O3S. The van der Waals surface area contributed by atoms with Crippen LogP contribution in [0.3, 0.4) is 0 Å². The molecule has 106 valence electrons. The number of amidine groups is 1. The maximum atomic E-state index is 12.2. The zero-order chi connectivity index (χ0) is 14.5. The number of nitrogens with two attached hydrogens (primary N) is 1. The Morgan fingerprint density at radius 2 is 1.79 bits per heavy atom. The van der Waals surface area contributed by atoms with Crippen molar-refractivity contribution in [2.75, 3.05) is 19.7 Å². The lowest BCUT2D eigenvalue weighted by atomic mass is 10.3. The molecule has 0 radical (unpaired) electrons. The highest BCUT2D eigenvalue weighted by atomic mass is 32.2. The summed E-state index contributed by atoms with van der Waals surface area (Å²) in [7, 11) is -3.44. The van der Waals surface area contributed by atoms with Crippen molar-refractivity contribution in [3.8, 4) is 5.75 Å². The maximum Gasteiger partial charge on any atom is 0.243 e. The largest absolute Gasteiger partial charge is 0.486 e. The molecule has 1 aromatic carbocycles. The second-order valence-electron chi connectivity index (χ2n) is 3.87. The van der Waals surface area contributed by atoms with Gasteiger partial charge in [-0.3, -0.25) is 5.41 Å². The van der Waals surface area contributed by atoms with E-state index in [2.05, 4.69) is 0 Å². The van der Waals surface area contributed by atoms with Crippen LogP contribution in [0.1, 0.15) is 13.8 Å². The smallest absolute Gasteiger partial charge is 0.243 e. The Labute approximate surface area is 113 Å². The van der Waals surface area contributed by atoms with Gasteiger partial charge in [0.2, 0.25) is 10.0 Å². The summed E-state index contributed by atoms with van der Waals surface area (Å²) in [6, 6.07) is 6.09. The monoisotopic (exact) mass is 285 g/mol. The van der Waals surface area contributed by atoms with Crippen LogP contribution in [0.2, 0.25) is 0 Å². The Balaban J connectivity index is 2.89. The topological polar surface area (TPSA) is 96.5 Å². The van der Waals surface area contributed by atoms with Crippen LogP contribution in [-0.4, -0.2) is 38.3 Å². The van der Waals surface area contributed by atoms with Crippen molar-refractivity contribution in [3.63, 3.8) is 0 Å². The second-order valence-corrected chi connectivity index (χ2v) is 5.81. The van der Waals surface area contributed by atoms with Crippen molar-refractivity contribution < 1.29 is 13.2 Å². The van der Waals surface area contributed by atoms with Crippen molar-refractivity contribution in [2.24, 2.45) is 5.73 Å². The third-order valence-electron chi connectivity index (χ3n) is 2.56. The molecule has 0 heterocycles. The highest BCUT2D eigenvalue weighted by Crippen LogP contribution is 2.19. The predicted octanol–water partition coefficient (Wildman–Crippen LogP) is 1.03. The van der Waals surface area contributed by atoms with Crippen molar-refractivity contribution in [1.29, 1.82) is 5.41 Å². The molecule has 0 aliphatic rings. The minimum Gasteiger partial charge on any atom is -0.486 e. The Morgan fingerprint density at radius 3 is 2.21 bits per heavy atom. The summed E-state index contributed by atoms with van der Waals surface area (Å²) in [5, 5.41) is 7.04. The molecule has 0 saturated carbocycles. The van der Waals surface area contributed by atoms with Crippen molar-refractivity contribution >= 4 is 15.9 Å². The lowest BCUT2D eigenvalue weighted by Crippen LogP contribution is -2.30. The van der Waals surface area contributed by atoms with Gasteiger partial charge in [-0.15, -0.1) is 0 Å². The standard InChI is InChI=1S/C12H19N3O3S/c1-3-15(4-2)19(16,17)11-7-5-10(6-8-11)18-9-12(13)14/h5-8H,3-4,9H2,1-2H3,(H3,13,14). The fourth-order valence-electron chi connectivity index (χ4n) is 1.58. The third kappa shape index (κ3) is 3.93. The molecule has 19 heavy (non-hydrogen) atoms. The van der Waals surface area contributed by atoms with E-state index >= 15 is 0 Å². The molecule has 0 bridgehead atoms. The van der Waals surface area contributed by atoms with Crippen LogP contribution >= 0.6 is 0 Å². The average molecular weight is 285 g/mol. The Kier molecular flexibility index (Phi) is 5.31. The number of sulfonamides is 1. The number of hydrogen-bond donors (Lipinski definition) is 2. The predicted molar refractivity (Wildman–Crippen MR) is 74.0 cm³/mol. The first-order chi connectivity index (χ1) is 8.91. The fourth-order valence-corrected chi connectivity index (χ4v) is 3.04. The second kappa shape index (κ2) is 6.53. The first-order valence-electron chi connectivity index (χ1n) is 5.97. The number of ether oxygens (including phenoxy) is 1. The Hall–Kier alpha value is -1.60. The first kappa shape index (κ1) is 15.5. The van der Waals surface area contributed by atoms with Crippen molar-refractivity contribution in [1.82, 2.24) is 4.31 Å². The van der Waals surface area contributed by atoms with E-state index in [1.54, 1.807) is 26.0 Å². The zero-order valence-electron chi connectivity index (χ0n) is 11.1. The van der Waals surface area contributed by atoms with E-state index < -0.39 is 10.0 Å². The molecule has 6 nitrogen and oxygen atoms in total. The minimum absolute atomic E-state index is 0.0118. The van der Waals surface area contributed by atoms with Gasteiger partial charge in [-0.05, 0) is 24.3 Å². The third-order valence-corrected chi connectivity index (χ3v) is 4.63. The van der Waals surface area contributed by atoms with E-state index in [0.29, 0.717) is 18.8 Å². The summed E-state index contributed by atoms with van der Waals surface area (Å²) < 4.78 is 31.0. The molecule has 0 fully saturated rings. The van der Waals surface area contributed by atoms with Gasteiger partial charge in [-0.1, -0.05) is 13.8 Å². The fraction of sp³-hybridized carbons (Fsp3) is 0.417. The lowest BCUT2D eigenvalue weighted by Gasteiger charge is -2.18. The summed E-state index contributed by atoms with van der Waals surface area (Å²) in [5.74, 6) is 0.397. The van der Waals surface area contributed by atoms with E-state index in [0.717, 1.165) is 0 Å². The van der Waals surface area contributed by atoms with Crippen molar-refractivity contribution in [3.05, 3.63) is 24.3 Å². The number of benzene rings is 1. The quantitative estimate of drug-likeness (QED) is 0.577. The summed E-state index contributed by atoms with van der Waals surface area (Å²) in [6.45, 7) is 4.45. The van der Waals surface area contributed by atoms with Crippen LogP contribution < -0.4 is 10.5 Å². The van der Waals surface area contributed by atoms with E-state index in [1.165, 1.54) is 16.4 Å². The molecule has 0 saturated heterocycles. The molecule has 3 N–H and O–H groups in total.